The third-order valence-electron chi connectivity index (χ3n) is 1.69. The summed E-state index contributed by atoms with van der Waals surface area (Å²) in [6.07, 6.45) is 0.637. The monoisotopic (exact) mass is 227 g/mol. The molecule has 1 rings (SSSR count). The standard InChI is InChI=1S/C11H14FNO3/c1-9(14)13-16-8-2-7-15-11-5-3-10(12)4-6-11/h3-6H,2,7-8H2,1H3,(H,13,14). The molecule has 0 saturated heterocycles. The maximum atomic E-state index is 12.5. The summed E-state index contributed by atoms with van der Waals surface area (Å²) in [5, 5.41) is 0. The Morgan fingerprint density at radius 2 is 2.00 bits per heavy atom. The molecule has 16 heavy (non-hydrogen) atoms. The molecular weight excluding hydrogens is 213 g/mol. The second-order valence-corrected chi connectivity index (χ2v) is 3.16. The molecule has 1 N–H and O–H groups in total. The Morgan fingerprint density at radius 1 is 1.31 bits per heavy atom. The highest BCUT2D eigenvalue weighted by molar-refractivity contribution is 5.71. The summed E-state index contributed by atoms with van der Waals surface area (Å²) in [5.74, 6) is 0.0849. The summed E-state index contributed by atoms with van der Waals surface area (Å²) in [7, 11) is 0. The van der Waals surface area contributed by atoms with E-state index in [1.807, 2.05) is 0 Å². The van der Waals surface area contributed by atoms with Gasteiger partial charge in [-0.15, -0.1) is 0 Å². The summed E-state index contributed by atoms with van der Waals surface area (Å²) >= 11 is 0. The van der Waals surface area contributed by atoms with Gasteiger partial charge in [-0.25, -0.2) is 9.87 Å². The number of amides is 1. The van der Waals surface area contributed by atoms with Crippen LogP contribution in [0, 0.1) is 5.82 Å². The van der Waals surface area contributed by atoms with E-state index < -0.39 is 0 Å². The molecule has 0 aliphatic rings. The van der Waals surface area contributed by atoms with Crippen LogP contribution in [0.4, 0.5) is 4.39 Å². The van der Waals surface area contributed by atoms with Gasteiger partial charge in [0.2, 0.25) is 5.91 Å². The van der Waals surface area contributed by atoms with E-state index in [1.165, 1.54) is 19.1 Å². The van der Waals surface area contributed by atoms with E-state index in [1.54, 1.807) is 12.1 Å². The van der Waals surface area contributed by atoms with Gasteiger partial charge in [0.15, 0.2) is 0 Å². The number of hydroxylamine groups is 1. The minimum atomic E-state index is -0.290. The maximum Gasteiger partial charge on any atom is 0.240 e. The lowest BCUT2D eigenvalue weighted by Crippen LogP contribution is -2.21. The Bertz CT molecular complexity index is 327. The summed E-state index contributed by atoms with van der Waals surface area (Å²) in [4.78, 5) is 15.2. The highest BCUT2D eigenvalue weighted by atomic mass is 19.1. The van der Waals surface area contributed by atoms with Crippen LogP contribution in [-0.2, 0) is 9.63 Å². The second-order valence-electron chi connectivity index (χ2n) is 3.16. The smallest absolute Gasteiger partial charge is 0.240 e. The lowest BCUT2D eigenvalue weighted by atomic mass is 10.3. The van der Waals surface area contributed by atoms with E-state index in [0.29, 0.717) is 25.4 Å². The van der Waals surface area contributed by atoms with Gasteiger partial charge in [-0.05, 0) is 24.3 Å². The van der Waals surface area contributed by atoms with Crippen molar-refractivity contribution in [3.05, 3.63) is 30.1 Å². The quantitative estimate of drug-likeness (QED) is 0.594. The maximum absolute atomic E-state index is 12.5. The van der Waals surface area contributed by atoms with Crippen LogP contribution in [0.1, 0.15) is 13.3 Å². The van der Waals surface area contributed by atoms with Crippen LogP contribution in [0.3, 0.4) is 0 Å². The summed E-state index contributed by atoms with van der Waals surface area (Å²) in [6.45, 7) is 2.20. The number of rotatable bonds is 6. The second kappa shape index (κ2) is 6.79. The Balaban J connectivity index is 2.07. The SMILES string of the molecule is CC(=O)NOCCCOc1ccc(F)cc1. The summed E-state index contributed by atoms with van der Waals surface area (Å²) in [5.41, 5.74) is 2.21. The van der Waals surface area contributed by atoms with E-state index in [-0.39, 0.29) is 11.7 Å². The molecule has 0 aromatic heterocycles. The molecule has 0 unspecified atom stereocenters. The molecule has 0 heterocycles. The van der Waals surface area contributed by atoms with Crippen LogP contribution in [0.15, 0.2) is 24.3 Å². The first-order valence-electron chi connectivity index (χ1n) is 4.95. The Morgan fingerprint density at radius 3 is 2.62 bits per heavy atom. The number of hydrogen-bond acceptors (Lipinski definition) is 3. The fraction of sp³-hybridized carbons (Fsp3) is 0.364. The van der Waals surface area contributed by atoms with Gasteiger partial charge in [-0.2, -0.15) is 0 Å². The van der Waals surface area contributed by atoms with Crippen molar-refractivity contribution in [1.82, 2.24) is 5.48 Å². The average Bonchev–Trinajstić information content (AvgIpc) is 2.25. The predicted molar refractivity (Wildman–Crippen MR) is 56.3 cm³/mol. The van der Waals surface area contributed by atoms with Gasteiger partial charge in [0, 0.05) is 13.3 Å². The van der Waals surface area contributed by atoms with Crippen LogP contribution in [0.2, 0.25) is 0 Å². The number of benzene rings is 1. The van der Waals surface area contributed by atoms with Crippen molar-refractivity contribution in [2.75, 3.05) is 13.2 Å². The van der Waals surface area contributed by atoms with Gasteiger partial charge in [-0.1, -0.05) is 0 Å². The molecule has 1 aromatic carbocycles. The Kier molecular flexibility index (Phi) is 5.28. The fourth-order valence-electron chi connectivity index (χ4n) is 1.00. The van der Waals surface area contributed by atoms with Gasteiger partial charge in [0.05, 0.1) is 13.2 Å². The lowest BCUT2D eigenvalue weighted by molar-refractivity contribution is -0.131. The Hall–Kier alpha value is -1.62. The topological polar surface area (TPSA) is 47.6 Å². The lowest BCUT2D eigenvalue weighted by Gasteiger charge is -2.06. The van der Waals surface area contributed by atoms with Gasteiger partial charge >= 0.3 is 0 Å². The number of carbonyl (C=O) groups is 1. The highest BCUT2D eigenvalue weighted by Gasteiger charge is 1.95. The van der Waals surface area contributed by atoms with Gasteiger partial charge < -0.3 is 4.74 Å². The van der Waals surface area contributed by atoms with Crippen LogP contribution in [0.25, 0.3) is 0 Å². The van der Waals surface area contributed by atoms with Crippen molar-refractivity contribution in [2.24, 2.45) is 0 Å². The van der Waals surface area contributed by atoms with Crippen LogP contribution < -0.4 is 10.2 Å². The number of nitrogens with one attached hydrogen (secondary N) is 1. The third kappa shape index (κ3) is 5.31. The number of halogens is 1. The van der Waals surface area contributed by atoms with Crippen molar-refractivity contribution in [3.63, 3.8) is 0 Å². The molecule has 0 spiro atoms. The van der Waals surface area contributed by atoms with Crippen molar-refractivity contribution >= 4 is 5.91 Å². The molecule has 0 bridgehead atoms. The molecule has 0 radical (unpaired) electrons. The molecular formula is C11H14FNO3. The molecule has 0 aliphatic heterocycles. The van der Waals surface area contributed by atoms with E-state index in [4.69, 9.17) is 9.57 Å². The van der Waals surface area contributed by atoms with Crippen LogP contribution >= 0.6 is 0 Å². The van der Waals surface area contributed by atoms with Crippen molar-refractivity contribution < 1.29 is 18.8 Å². The minimum absolute atomic E-state index is 0.237. The first kappa shape index (κ1) is 12.4. The number of carbonyl (C=O) groups excluding carboxylic acids is 1. The molecule has 5 heteroatoms. The zero-order valence-corrected chi connectivity index (χ0v) is 9.03. The molecule has 0 fully saturated rings. The van der Waals surface area contributed by atoms with Crippen LogP contribution in [-0.4, -0.2) is 19.1 Å². The molecule has 88 valence electrons. The third-order valence-corrected chi connectivity index (χ3v) is 1.69. The van der Waals surface area contributed by atoms with Crippen molar-refractivity contribution in [2.45, 2.75) is 13.3 Å². The van der Waals surface area contributed by atoms with E-state index in [2.05, 4.69) is 5.48 Å². The van der Waals surface area contributed by atoms with Gasteiger partial charge in [0.1, 0.15) is 11.6 Å². The zero-order valence-electron chi connectivity index (χ0n) is 9.03. The predicted octanol–water partition coefficient (Wildman–Crippen LogP) is 1.66. The fourth-order valence-corrected chi connectivity index (χ4v) is 1.00. The van der Waals surface area contributed by atoms with Gasteiger partial charge in [0.25, 0.3) is 0 Å². The van der Waals surface area contributed by atoms with Crippen molar-refractivity contribution in [3.8, 4) is 5.75 Å². The van der Waals surface area contributed by atoms with E-state index >= 15 is 0 Å². The molecule has 0 atom stereocenters. The number of hydrogen-bond donors (Lipinski definition) is 1. The molecule has 1 amide bonds. The average molecular weight is 227 g/mol. The van der Waals surface area contributed by atoms with Crippen LogP contribution in [0.5, 0.6) is 5.75 Å². The minimum Gasteiger partial charge on any atom is -0.494 e. The van der Waals surface area contributed by atoms with Crippen molar-refractivity contribution in [1.29, 1.82) is 0 Å². The normalized spacial score (nSPS) is 9.88. The largest absolute Gasteiger partial charge is 0.494 e. The summed E-state index contributed by atoms with van der Waals surface area (Å²) < 4.78 is 17.8. The molecule has 0 aliphatic carbocycles. The Labute approximate surface area is 93.3 Å². The first-order valence-corrected chi connectivity index (χ1v) is 4.95. The number of ether oxygens (including phenoxy) is 1. The van der Waals surface area contributed by atoms with Gasteiger partial charge in [-0.3, -0.25) is 9.63 Å². The summed E-state index contributed by atoms with van der Waals surface area (Å²) in [6, 6.07) is 5.79. The molecule has 1 aromatic rings. The van der Waals surface area contributed by atoms with E-state index in [9.17, 15) is 9.18 Å². The first-order chi connectivity index (χ1) is 7.68. The van der Waals surface area contributed by atoms with E-state index in [0.717, 1.165) is 0 Å². The zero-order chi connectivity index (χ0) is 11.8. The highest BCUT2D eigenvalue weighted by Crippen LogP contribution is 2.10. The molecule has 0 saturated carbocycles. The molecule has 4 nitrogen and oxygen atoms in total.